The SMILES string of the molecule is NC(=O)c1cc(I)cnc1C(F)(F)F. The number of rotatable bonds is 1. The maximum atomic E-state index is 12.3. The van der Waals surface area contributed by atoms with E-state index < -0.39 is 23.3 Å². The summed E-state index contributed by atoms with van der Waals surface area (Å²) in [5, 5.41) is 0. The van der Waals surface area contributed by atoms with E-state index in [9.17, 15) is 18.0 Å². The van der Waals surface area contributed by atoms with Crippen LogP contribution in [0.25, 0.3) is 0 Å². The van der Waals surface area contributed by atoms with Crippen molar-refractivity contribution in [1.29, 1.82) is 0 Å². The van der Waals surface area contributed by atoms with Crippen molar-refractivity contribution in [3.8, 4) is 0 Å². The molecule has 0 atom stereocenters. The largest absolute Gasteiger partial charge is 0.434 e. The van der Waals surface area contributed by atoms with Crippen LogP contribution in [-0.2, 0) is 6.18 Å². The van der Waals surface area contributed by atoms with E-state index >= 15 is 0 Å². The summed E-state index contributed by atoms with van der Waals surface area (Å²) in [4.78, 5) is 13.8. The van der Waals surface area contributed by atoms with Gasteiger partial charge in [-0.2, -0.15) is 13.2 Å². The molecule has 1 aromatic heterocycles. The zero-order valence-corrected chi connectivity index (χ0v) is 8.76. The first kappa shape index (κ1) is 11.2. The van der Waals surface area contributed by atoms with Crippen LogP contribution in [0.4, 0.5) is 13.2 Å². The molecule has 0 aliphatic rings. The number of pyridine rings is 1. The molecule has 0 aliphatic carbocycles. The van der Waals surface area contributed by atoms with Crippen LogP contribution in [0.5, 0.6) is 0 Å². The van der Waals surface area contributed by atoms with E-state index in [1.165, 1.54) is 0 Å². The van der Waals surface area contributed by atoms with E-state index in [0.717, 1.165) is 12.3 Å². The number of carbonyl (C=O) groups is 1. The Morgan fingerprint density at radius 3 is 2.50 bits per heavy atom. The molecule has 0 saturated carbocycles. The van der Waals surface area contributed by atoms with E-state index in [2.05, 4.69) is 4.98 Å². The molecule has 0 aromatic carbocycles. The number of carbonyl (C=O) groups excluding carboxylic acids is 1. The monoisotopic (exact) mass is 316 g/mol. The van der Waals surface area contributed by atoms with E-state index in [-0.39, 0.29) is 0 Å². The zero-order valence-electron chi connectivity index (χ0n) is 6.60. The molecule has 0 spiro atoms. The summed E-state index contributed by atoms with van der Waals surface area (Å²) in [5.41, 5.74) is 2.95. The Bertz CT molecular complexity index is 378. The van der Waals surface area contributed by atoms with Gasteiger partial charge in [-0.1, -0.05) is 0 Å². The van der Waals surface area contributed by atoms with Crippen LogP contribution in [0.15, 0.2) is 12.3 Å². The number of hydrogen-bond donors (Lipinski definition) is 1. The van der Waals surface area contributed by atoms with Gasteiger partial charge >= 0.3 is 6.18 Å². The Morgan fingerprint density at radius 1 is 1.50 bits per heavy atom. The van der Waals surface area contributed by atoms with Gasteiger partial charge in [0.2, 0.25) is 0 Å². The Kier molecular flexibility index (Phi) is 2.98. The second kappa shape index (κ2) is 3.71. The number of primary amides is 1. The highest BCUT2D eigenvalue weighted by atomic mass is 127. The van der Waals surface area contributed by atoms with Gasteiger partial charge in [0.05, 0.1) is 5.56 Å². The molecule has 76 valence electrons. The normalized spacial score (nSPS) is 11.4. The molecular weight excluding hydrogens is 312 g/mol. The van der Waals surface area contributed by atoms with Gasteiger partial charge in [0, 0.05) is 9.77 Å². The van der Waals surface area contributed by atoms with Gasteiger partial charge in [0.15, 0.2) is 5.69 Å². The van der Waals surface area contributed by atoms with Crippen LogP contribution in [0.1, 0.15) is 16.1 Å². The summed E-state index contributed by atoms with van der Waals surface area (Å²) < 4.78 is 37.2. The Hall–Kier alpha value is -0.860. The maximum Gasteiger partial charge on any atom is 0.434 e. The fraction of sp³-hybridized carbons (Fsp3) is 0.143. The second-order valence-corrected chi connectivity index (χ2v) is 3.66. The summed E-state index contributed by atoms with van der Waals surface area (Å²) in [6.45, 7) is 0. The summed E-state index contributed by atoms with van der Waals surface area (Å²) in [5.74, 6) is -1.14. The van der Waals surface area contributed by atoms with Crippen LogP contribution >= 0.6 is 22.6 Å². The smallest absolute Gasteiger partial charge is 0.366 e. The summed E-state index contributed by atoms with van der Waals surface area (Å²) in [6.07, 6.45) is -3.63. The molecule has 7 heteroatoms. The van der Waals surface area contributed by atoms with Gasteiger partial charge < -0.3 is 5.73 Å². The average molecular weight is 316 g/mol. The lowest BCUT2D eigenvalue weighted by atomic mass is 10.2. The summed E-state index contributed by atoms with van der Waals surface area (Å²) in [7, 11) is 0. The molecule has 0 saturated heterocycles. The van der Waals surface area contributed by atoms with Crippen molar-refractivity contribution in [1.82, 2.24) is 4.98 Å². The lowest BCUT2D eigenvalue weighted by Crippen LogP contribution is -2.20. The van der Waals surface area contributed by atoms with Gasteiger partial charge in [-0.05, 0) is 28.7 Å². The van der Waals surface area contributed by atoms with Crippen molar-refractivity contribution in [3.05, 3.63) is 27.1 Å². The van der Waals surface area contributed by atoms with Crippen LogP contribution in [0, 0.1) is 3.57 Å². The zero-order chi connectivity index (χ0) is 10.9. The number of aromatic nitrogens is 1. The van der Waals surface area contributed by atoms with Crippen LogP contribution in [0.3, 0.4) is 0 Å². The number of amides is 1. The first-order chi connectivity index (χ1) is 6.32. The lowest BCUT2D eigenvalue weighted by Gasteiger charge is -2.09. The highest BCUT2D eigenvalue weighted by molar-refractivity contribution is 14.1. The molecular formula is C7H4F3IN2O. The molecule has 1 heterocycles. The predicted octanol–water partition coefficient (Wildman–Crippen LogP) is 1.80. The molecule has 1 amide bonds. The van der Waals surface area contributed by atoms with E-state index in [0.29, 0.717) is 3.57 Å². The van der Waals surface area contributed by atoms with Gasteiger partial charge in [0.25, 0.3) is 5.91 Å². The summed E-state index contributed by atoms with van der Waals surface area (Å²) >= 11 is 1.75. The van der Waals surface area contributed by atoms with Gasteiger partial charge in [0.1, 0.15) is 0 Å². The summed E-state index contributed by atoms with van der Waals surface area (Å²) in [6, 6.07) is 1.05. The van der Waals surface area contributed by atoms with Gasteiger partial charge in [-0.25, -0.2) is 4.98 Å². The minimum Gasteiger partial charge on any atom is -0.366 e. The third-order valence-electron chi connectivity index (χ3n) is 1.39. The van der Waals surface area contributed by atoms with Crippen molar-refractivity contribution < 1.29 is 18.0 Å². The van der Waals surface area contributed by atoms with Crippen LogP contribution < -0.4 is 5.73 Å². The Balaban J connectivity index is 3.37. The number of alkyl halides is 3. The third kappa shape index (κ3) is 2.34. The van der Waals surface area contributed by atoms with Crippen molar-refractivity contribution in [2.24, 2.45) is 5.73 Å². The molecule has 2 N–H and O–H groups in total. The topological polar surface area (TPSA) is 56.0 Å². The number of hydrogen-bond acceptors (Lipinski definition) is 2. The van der Waals surface area contributed by atoms with Crippen molar-refractivity contribution in [2.45, 2.75) is 6.18 Å². The Labute approximate surface area is 90.6 Å². The van der Waals surface area contributed by atoms with E-state index in [1.807, 2.05) is 0 Å². The molecule has 1 aromatic rings. The maximum absolute atomic E-state index is 12.3. The number of nitrogens with two attached hydrogens (primary N) is 1. The third-order valence-corrected chi connectivity index (χ3v) is 1.98. The van der Waals surface area contributed by atoms with E-state index in [4.69, 9.17) is 5.73 Å². The first-order valence-electron chi connectivity index (χ1n) is 3.35. The fourth-order valence-corrected chi connectivity index (χ4v) is 1.30. The fourth-order valence-electron chi connectivity index (χ4n) is 0.853. The molecule has 0 aliphatic heterocycles. The first-order valence-corrected chi connectivity index (χ1v) is 4.43. The van der Waals surface area contributed by atoms with E-state index in [1.54, 1.807) is 22.6 Å². The number of nitrogens with zero attached hydrogens (tertiary/aromatic N) is 1. The highest BCUT2D eigenvalue weighted by Gasteiger charge is 2.36. The molecule has 0 radical (unpaired) electrons. The van der Waals surface area contributed by atoms with Crippen molar-refractivity contribution in [2.75, 3.05) is 0 Å². The van der Waals surface area contributed by atoms with Gasteiger partial charge in [-0.15, -0.1) is 0 Å². The quantitative estimate of drug-likeness (QED) is 0.803. The predicted molar refractivity (Wildman–Crippen MR) is 50.5 cm³/mol. The molecule has 1 rings (SSSR count). The number of halogens is 4. The minimum absolute atomic E-state index is 0.421. The van der Waals surface area contributed by atoms with Crippen molar-refractivity contribution in [3.63, 3.8) is 0 Å². The molecule has 3 nitrogen and oxygen atoms in total. The van der Waals surface area contributed by atoms with Crippen LogP contribution in [0.2, 0.25) is 0 Å². The average Bonchev–Trinajstić information content (AvgIpc) is 2.01. The minimum atomic E-state index is -4.66. The standard InChI is InChI=1S/C7H4F3IN2O/c8-7(9,10)5-4(6(12)14)1-3(11)2-13-5/h1-2H,(H2,12,14). The van der Waals surface area contributed by atoms with Crippen LogP contribution in [-0.4, -0.2) is 10.9 Å². The molecule has 0 fully saturated rings. The second-order valence-electron chi connectivity index (χ2n) is 2.41. The van der Waals surface area contributed by atoms with Gasteiger partial charge in [-0.3, -0.25) is 4.79 Å². The van der Waals surface area contributed by atoms with Crippen molar-refractivity contribution >= 4 is 28.5 Å². The molecule has 0 unspecified atom stereocenters. The Morgan fingerprint density at radius 2 is 2.07 bits per heavy atom. The molecule has 14 heavy (non-hydrogen) atoms. The molecule has 0 bridgehead atoms. The highest BCUT2D eigenvalue weighted by Crippen LogP contribution is 2.30. The lowest BCUT2D eigenvalue weighted by molar-refractivity contribution is -0.141.